The van der Waals surface area contributed by atoms with Crippen molar-refractivity contribution in [3.8, 4) is 5.69 Å². The molecule has 0 unspecified atom stereocenters. The molecular formula is C24H17BrN4O3. The second-order valence-corrected chi connectivity index (χ2v) is 8.19. The van der Waals surface area contributed by atoms with Crippen LogP contribution in [0.4, 0.5) is 0 Å². The van der Waals surface area contributed by atoms with Crippen LogP contribution in [-0.4, -0.2) is 24.9 Å². The molecule has 0 saturated carbocycles. The third kappa shape index (κ3) is 3.69. The van der Waals surface area contributed by atoms with E-state index in [-0.39, 0.29) is 12.2 Å². The fraction of sp³-hybridized carbons (Fsp3) is 0.0833. The summed E-state index contributed by atoms with van der Waals surface area (Å²) < 4.78 is 9.65. The number of esters is 1. The number of rotatable bonds is 4. The number of ether oxygens (including phenoxy) is 1. The Kier molecular flexibility index (Phi) is 5.07. The number of pyridine rings is 1. The van der Waals surface area contributed by atoms with Crippen molar-refractivity contribution in [2.45, 2.75) is 13.5 Å². The van der Waals surface area contributed by atoms with Crippen LogP contribution < -0.4 is 5.56 Å². The molecule has 0 fully saturated rings. The highest BCUT2D eigenvalue weighted by atomic mass is 79.9. The van der Waals surface area contributed by atoms with Crippen LogP contribution in [0.5, 0.6) is 0 Å². The third-order valence-electron chi connectivity index (χ3n) is 5.10. The van der Waals surface area contributed by atoms with Crippen molar-refractivity contribution in [3.05, 3.63) is 105 Å². The van der Waals surface area contributed by atoms with Gasteiger partial charge in [0.15, 0.2) is 0 Å². The van der Waals surface area contributed by atoms with E-state index in [9.17, 15) is 9.59 Å². The number of carbonyl (C=O) groups is 1. The maximum Gasteiger partial charge on any atom is 0.338 e. The summed E-state index contributed by atoms with van der Waals surface area (Å²) in [7, 11) is 0. The van der Waals surface area contributed by atoms with Crippen molar-refractivity contribution in [2.24, 2.45) is 0 Å². The Balaban J connectivity index is 1.39. The van der Waals surface area contributed by atoms with Gasteiger partial charge in [-0.25, -0.2) is 14.8 Å². The van der Waals surface area contributed by atoms with Crippen molar-refractivity contribution < 1.29 is 9.53 Å². The first-order valence-corrected chi connectivity index (χ1v) is 10.7. The summed E-state index contributed by atoms with van der Waals surface area (Å²) in [5.41, 5.74) is 3.62. The maximum atomic E-state index is 12.6. The maximum absolute atomic E-state index is 12.6. The van der Waals surface area contributed by atoms with Gasteiger partial charge in [0.25, 0.3) is 5.56 Å². The SMILES string of the molecule is Cc1nc2cc(C(=O)OCc3cc(=O)n4cc(Br)ccc4n3)ccc2n1-c1ccccc1. The van der Waals surface area contributed by atoms with E-state index in [0.717, 1.165) is 21.5 Å². The van der Waals surface area contributed by atoms with Crippen molar-refractivity contribution in [1.82, 2.24) is 18.9 Å². The quantitative estimate of drug-likeness (QED) is 0.349. The first-order valence-electron chi connectivity index (χ1n) is 9.89. The van der Waals surface area contributed by atoms with E-state index in [1.54, 1.807) is 30.5 Å². The van der Waals surface area contributed by atoms with Gasteiger partial charge in [-0.3, -0.25) is 13.8 Å². The molecule has 0 bridgehead atoms. The summed E-state index contributed by atoms with van der Waals surface area (Å²) in [6, 6.07) is 20.1. The molecule has 0 saturated heterocycles. The van der Waals surface area contributed by atoms with Gasteiger partial charge in [-0.05, 0) is 65.3 Å². The molecule has 5 rings (SSSR count). The standard InChI is InChI=1S/C24H17BrN4O3/c1-15-26-20-11-16(7-9-21(20)29(15)19-5-3-2-4-6-19)24(31)32-14-18-12-23(30)28-13-17(25)8-10-22(28)27-18/h2-13H,14H2,1H3. The fourth-order valence-corrected chi connectivity index (χ4v) is 3.99. The molecule has 0 radical (unpaired) electrons. The number of imidazole rings is 1. The Labute approximate surface area is 191 Å². The Morgan fingerprint density at radius 3 is 2.66 bits per heavy atom. The monoisotopic (exact) mass is 488 g/mol. The van der Waals surface area contributed by atoms with Crippen LogP contribution in [0, 0.1) is 6.92 Å². The zero-order valence-electron chi connectivity index (χ0n) is 17.0. The molecule has 32 heavy (non-hydrogen) atoms. The molecule has 0 aliphatic heterocycles. The van der Waals surface area contributed by atoms with Gasteiger partial charge in [-0.15, -0.1) is 0 Å². The third-order valence-corrected chi connectivity index (χ3v) is 5.57. The van der Waals surface area contributed by atoms with Crippen molar-refractivity contribution in [1.29, 1.82) is 0 Å². The van der Waals surface area contributed by atoms with E-state index < -0.39 is 5.97 Å². The number of hydrogen-bond acceptors (Lipinski definition) is 5. The minimum atomic E-state index is -0.503. The van der Waals surface area contributed by atoms with Gasteiger partial charge in [0.2, 0.25) is 0 Å². The van der Waals surface area contributed by atoms with Gasteiger partial charge in [-0.2, -0.15) is 0 Å². The van der Waals surface area contributed by atoms with Gasteiger partial charge in [0.05, 0.1) is 22.3 Å². The number of nitrogens with zero attached hydrogens (tertiary/aromatic N) is 4. The van der Waals surface area contributed by atoms with E-state index >= 15 is 0 Å². The minimum Gasteiger partial charge on any atom is -0.456 e. The average Bonchev–Trinajstić information content (AvgIpc) is 3.13. The summed E-state index contributed by atoms with van der Waals surface area (Å²) in [6.45, 7) is 1.82. The van der Waals surface area contributed by atoms with Crippen molar-refractivity contribution in [3.63, 3.8) is 0 Å². The Morgan fingerprint density at radius 2 is 1.84 bits per heavy atom. The zero-order valence-corrected chi connectivity index (χ0v) is 18.6. The van der Waals surface area contributed by atoms with Gasteiger partial charge in [0, 0.05) is 22.4 Å². The van der Waals surface area contributed by atoms with Crippen molar-refractivity contribution in [2.75, 3.05) is 0 Å². The van der Waals surface area contributed by atoms with Gasteiger partial charge in [0.1, 0.15) is 18.1 Å². The zero-order chi connectivity index (χ0) is 22.2. The molecule has 5 aromatic rings. The summed E-state index contributed by atoms with van der Waals surface area (Å²) >= 11 is 3.33. The normalized spacial score (nSPS) is 11.2. The van der Waals surface area contributed by atoms with Crippen LogP contribution in [-0.2, 0) is 11.3 Å². The second-order valence-electron chi connectivity index (χ2n) is 7.27. The lowest BCUT2D eigenvalue weighted by Gasteiger charge is -2.08. The molecule has 0 atom stereocenters. The molecule has 0 N–H and O–H groups in total. The van der Waals surface area contributed by atoms with E-state index in [2.05, 4.69) is 25.9 Å². The summed E-state index contributed by atoms with van der Waals surface area (Å²) in [5.74, 6) is 0.320. The Hall–Kier alpha value is -3.78. The van der Waals surface area contributed by atoms with E-state index in [4.69, 9.17) is 4.74 Å². The second kappa shape index (κ2) is 8.05. The molecule has 0 spiro atoms. The largest absolute Gasteiger partial charge is 0.456 e. The van der Waals surface area contributed by atoms with Crippen LogP contribution in [0.3, 0.4) is 0 Å². The van der Waals surface area contributed by atoms with Crippen molar-refractivity contribution >= 4 is 38.6 Å². The van der Waals surface area contributed by atoms with Gasteiger partial charge < -0.3 is 4.74 Å². The van der Waals surface area contributed by atoms with Crippen LogP contribution in [0.25, 0.3) is 22.4 Å². The number of halogens is 1. The lowest BCUT2D eigenvalue weighted by atomic mass is 10.2. The summed E-state index contributed by atoms with van der Waals surface area (Å²) in [4.78, 5) is 33.9. The van der Waals surface area contributed by atoms with Crippen LogP contribution in [0.15, 0.2) is 82.2 Å². The fourth-order valence-electron chi connectivity index (χ4n) is 3.65. The highest BCUT2D eigenvalue weighted by Crippen LogP contribution is 2.22. The number of hydrogen-bond donors (Lipinski definition) is 0. The smallest absolute Gasteiger partial charge is 0.338 e. The molecule has 3 heterocycles. The first kappa shape index (κ1) is 20.1. The molecule has 7 nitrogen and oxygen atoms in total. The summed E-state index contributed by atoms with van der Waals surface area (Å²) in [6.07, 6.45) is 1.65. The van der Waals surface area contributed by atoms with E-state index in [1.807, 2.05) is 47.9 Å². The molecular weight excluding hydrogens is 472 g/mol. The molecule has 2 aromatic carbocycles. The molecule has 0 aliphatic rings. The molecule has 0 aliphatic carbocycles. The highest BCUT2D eigenvalue weighted by Gasteiger charge is 2.14. The Bertz CT molecular complexity index is 1540. The average molecular weight is 489 g/mol. The first-order chi connectivity index (χ1) is 15.5. The van der Waals surface area contributed by atoms with E-state index in [0.29, 0.717) is 22.4 Å². The number of fused-ring (bicyclic) bond motifs is 2. The number of para-hydroxylation sites is 1. The number of carbonyl (C=O) groups excluding carboxylic acids is 1. The highest BCUT2D eigenvalue weighted by molar-refractivity contribution is 9.10. The lowest BCUT2D eigenvalue weighted by molar-refractivity contribution is 0.0468. The number of benzene rings is 2. The number of aryl methyl sites for hydroxylation is 1. The molecule has 158 valence electrons. The predicted octanol–water partition coefficient (Wildman–Crippen LogP) is 4.46. The molecule has 0 amide bonds. The summed E-state index contributed by atoms with van der Waals surface area (Å²) in [5, 5.41) is 0. The predicted molar refractivity (Wildman–Crippen MR) is 124 cm³/mol. The topological polar surface area (TPSA) is 78.5 Å². The van der Waals surface area contributed by atoms with Gasteiger partial charge in [-0.1, -0.05) is 18.2 Å². The lowest BCUT2D eigenvalue weighted by Crippen LogP contribution is -2.16. The van der Waals surface area contributed by atoms with Crippen LogP contribution in [0.2, 0.25) is 0 Å². The van der Waals surface area contributed by atoms with Crippen LogP contribution >= 0.6 is 15.9 Å². The van der Waals surface area contributed by atoms with Crippen LogP contribution in [0.1, 0.15) is 21.9 Å². The molecule has 8 heteroatoms. The van der Waals surface area contributed by atoms with Gasteiger partial charge >= 0.3 is 5.97 Å². The minimum absolute atomic E-state index is 0.101. The Morgan fingerprint density at radius 1 is 1.03 bits per heavy atom. The molecule has 3 aromatic heterocycles. The number of aromatic nitrogens is 4. The van der Waals surface area contributed by atoms with E-state index in [1.165, 1.54) is 10.5 Å².